The summed E-state index contributed by atoms with van der Waals surface area (Å²) in [6, 6.07) is 8.17. The summed E-state index contributed by atoms with van der Waals surface area (Å²) in [7, 11) is 0. The van der Waals surface area contributed by atoms with E-state index >= 15 is 0 Å². The van der Waals surface area contributed by atoms with E-state index < -0.39 is 0 Å². The zero-order chi connectivity index (χ0) is 12.5. The highest BCUT2D eigenvalue weighted by Gasteiger charge is 2.22. The van der Waals surface area contributed by atoms with Gasteiger partial charge in [-0.2, -0.15) is 0 Å². The number of benzene rings is 1. The zero-order valence-corrected chi connectivity index (χ0v) is 11.1. The van der Waals surface area contributed by atoms with E-state index in [4.69, 9.17) is 17.3 Å². The van der Waals surface area contributed by atoms with Crippen LogP contribution in [0.25, 0.3) is 10.9 Å². The van der Waals surface area contributed by atoms with Gasteiger partial charge in [-0.1, -0.05) is 29.8 Å². The first kappa shape index (κ1) is 12.0. The number of likely N-dealkylation sites (tertiary alicyclic amines) is 1. The van der Waals surface area contributed by atoms with Crippen molar-refractivity contribution in [3.8, 4) is 0 Å². The highest BCUT2D eigenvalue weighted by molar-refractivity contribution is 6.36. The summed E-state index contributed by atoms with van der Waals surface area (Å²) in [5.74, 6) is 0.646. The molecule has 18 heavy (non-hydrogen) atoms. The van der Waals surface area contributed by atoms with Crippen LogP contribution in [0.15, 0.2) is 24.3 Å². The Bertz CT molecular complexity index is 549. The number of halogens is 1. The normalized spacial score (nSPS) is 20.9. The molecule has 96 valence electrons. The molecule has 0 saturated carbocycles. The van der Waals surface area contributed by atoms with Gasteiger partial charge in [-0.05, 0) is 31.5 Å². The molecule has 1 fully saturated rings. The second-order valence-electron chi connectivity index (χ2n) is 5.09. The van der Waals surface area contributed by atoms with Crippen molar-refractivity contribution >= 4 is 22.5 Å². The van der Waals surface area contributed by atoms with Crippen LogP contribution in [-0.2, 0) is 6.54 Å². The van der Waals surface area contributed by atoms with Crippen LogP contribution in [0.5, 0.6) is 0 Å². The van der Waals surface area contributed by atoms with E-state index in [1.165, 1.54) is 6.42 Å². The van der Waals surface area contributed by atoms with Crippen molar-refractivity contribution in [2.75, 3.05) is 19.6 Å². The van der Waals surface area contributed by atoms with Crippen LogP contribution >= 0.6 is 11.6 Å². The topological polar surface area (TPSA) is 45.0 Å². The number of rotatable bonds is 3. The van der Waals surface area contributed by atoms with E-state index in [0.29, 0.717) is 5.92 Å². The van der Waals surface area contributed by atoms with Gasteiger partial charge in [-0.15, -0.1) is 0 Å². The Morgan fingerprint density at radius 3 is 2.94 bits per heavy atom. The molecule has 1 aliphatic rings. The van der Waals surface area contributed by atoms with Gasteiger partial charge in [0.15, 0.2) is 0 Å². The van der Waals surface area contributed by atoms with Crippen molar-refractivity contribution in [1.82, 2.24) is 9.88 Å². The van der Waals surface area contributed by atoms with Gasteiger partial charge in [0.25, 0.3) is 0 Å². The Kier molecular flexibility index (Phi) is 3.29. The Hall–Kier alpha value is -1.03. The first-order valence-electron chi connectivity index (χ1n) is 6.45. The monoisotopic (exact) mass is 263 g/mol. The van der Waals surface area contributed by atoms with Gasteiger partial charge in [0.2, 0.25) is 0 Å². The van der Waals surface area contributed by atoms with Gasteiger partial charge in [0.05, 0.1) is 5.02 Å². The summed E-state index contributed by atoms with van der Waals surface area (Å²) in [4.78, 5) is 5.84. The maximum Gasteiger partial charge on any atom is 0.0705 e. The van der Waals surface area contributed by atoms with Gasteiger partial charge in [-0.3, -0.25) is 4.90 Å². The van der Waals surface area contributed by atoms with Crippen molar-refractivity contribution in [2.24, 2.45) is 11.7 Å². The van der Waals surface area contributed by atoms with Crippen LogP contribution in [0.2, 0.25) is 5.02 Å². The lowest BCUT2D eigenvalue weighted by Gasteiger charge is -2.14. The SMILES string of the molecule is NCC1CCN(Cc2[nH]c3ccccc3c2Cl)C1. The number of aromatic amines is 1. The molecule has 1 aromatic carbocycles. The van der Waals surface area contributed by atoms with E-state index in [1.54, 1.807) is 0 Å². The molecule has 3 rings (SSSR count). The molecule has 1 atom stereocenters. The first-order chi connectivity index (χ1) is 8.78. The summed E-state index contributed by atoms with van der Waals surface area (Å²) in [6.07, 6.45) is 1.20. The Balaban J connectivity index is 1.81. The lowest BCUT2D eigenvalue weighted by molar-refractivity contribution is 0.315. The molecule has 0 amide bonds. The lowest BCUT2D eigenvalue weighted by Crippen LogP contribution is -2.23. The minimum absolute atomic E-state index is 0.646. The molecule has 0 bridgehead atoms. The summed E-state index contributed by atoms with van der Waals surface area (Å²) in [5.41, 5.74) is 7.96. The van der Waals surface area contributed by atoms with E-state index in [0.717, 1.165) is 47.8 Å². The van der Waals surface area contributed by atoms with E-state index in [9.17, 15) is 0 Å². The second kappa shape index (κ2) is 4.92. The van der Waals surface area contributed by atoms with Crippen LogP contribution in [0, 0.1) is 5.92 Å². The van der Waals surface area contributed by atoms with Crippen LogP contribution in [-0.4, -0.2) is 29.5 Å². The zero-order valence-electron chi connectivity index (χ0n) is 10.3. The predicted molar refractivity (Wildman–Crippen MR) is 75.7 cm³/mol. The summed E-state index contributed by atoms with van der Waals surface area (Å²) >= 11 is 6.42. The van der Waals surface area contributed by atoms with Crippen molar-refractivity contribution in [1.29, 1.82) is 0 Å². The molecule has 1 unspecified atom stereocenters. The average Bonchev–Trinajstić information content (AvgIpc) is 2.97. The van der Waals surface area contributed by atoms with Crippen LogP contribution in [0.3, 0.4) is 0 Å². The number of nitrogens with two attached hydrogens (primary N) is 1. The molecule has 0 radical (unpaired) electrons. The predicted octanol–water partition coefficient (Wildman–Crippen LogP) is 2.60. The summed E-state index contributed by atoms with van der Waals surface area (Å²) in [5, 5.41) is 1.98. The number of fused-ring (bicyclic) bond motifs is 1. The molecule has 1 aliphatic heterocycles. The average molecular weight is 264 g/mol. The third-order valence-corrected chi connectivity index (χ3v) is 4.23. The number of nitrogens with zero attached hydrogens (tertiary/aromatic N) is 1. The van der Waals surface area contributed by atoms with E-state index in [-0.39, 0.29) is 0 Å². The summed E-state index contributed by atoms with van der Waals surface area (Å²) < 4.78 is 0. The second-order valence-corrected chi connectivity index (χ2v) is 5.47. The highest BCUT2D eigenvalue weighted by atomic mass is 35.5. The maximum atomic E-state index is 6.42. The highest BCUT2D eigenvalue weighted by Crippen LogP contribution is 2.29. The van der Waals surface area contributed by atoms with E-state index in [1.807, 2.05) is 12.1 Å². The molecule has 2 heterocycles. The molecule has 2 aromatic rings. The van der Waals surface area contributed by atoms with Gasteiger partial charge < -0.3 is 10.7 Å². The molecule has 1 aromatic heterocycles. The molecular formula is C14H18ClN3. The minimum Gasteiger partial charge on any atom is -0.356 e. The quantitative estimate of drug-likeness (QED) is 0.894. The lowest BCUT2D eigenvalue weighted by atomic mass is 10.1. The van der Waals surface area contributed by atoms with Crippen molar-refractivity contribution in [3.05, 3.63) is 35.0 Å². The first-order valence-corrected chi connectivity index (χ1v) is 6.83. The standard InChI is InChI=1S/C14H18ClN3/c15-14-11-3-1-2-4-12(11)17-13(14)9-18-6-5-10(7-16)8-18/h1-4,10,17H,5-9,16H2. The van der Waals surface area contributed by atoms with Crippen LogP contribution in [0.1, 0.15) is 12.1 Å². The Morgan fingerprint density at radius 2 is 2.22 bits per heavy atom. The molecule has 0 aliphatic carbocycles. The number of aromatic nitrogens is 1. The number of para-hydroxylation sites is 1. The molecule has 1 saturated heterocycles. The molecule has 3 nitrogen and oxygen atoms in total. The number of H-pyrrole nitrogens is 1. The molecular weight excluding hydrogens is 246 g/mol. The fraction of sp³-hybridized carbons (Fsp3) is 0.429. The number of hydrogen-bond acceptors (Lipinski definition) is 2. The van der Waals surface area contributed by atoms with Gasteiger partial charge in [0.1, 0.15) is 0 Å². The largest absolute Gasteiger partial charge is 0.356 e. The van der Waals surface area contributed by atoms with Gasteiger partial charge >= 0.3 is 0 Å². The van der Waals surface area contributed by atoms with Crippen LogP contribution in [0.4, 0.5) is 0 Å². The van der Waals surface area contributed by atoms with Gasteiger partial charge in [-0.25, -0.2) is 0 Å². The molecule has 4 heteroatoms. The van der Waals surface area contributed by atoms with Crippen LogP contribution < -0.4 is 5.73 Å². The fourth-order valence-electron chi connectivity index (χ4n) is 2.74. The Labute approximate surface area is 112 Å². The van der Waals surface area contributed by atoms with E-state index in [2.05, 4.69) is 22.0 Å². The summed E-state index contributed by atoms with van der Waals surface area (Å²) in [6.45, 7) is 3.89. The fourth-order valence-corrected chi connectivity index (χ4v) is 3.02. The van der Waals surface area contributed by atoms with Gasteiger partial charge in [0, 0.05) is 29.7 Å². The third-order valence-electron chi connectivity index (χ3n) is 3.80. The Morgan fingerprint density at radius 1 is 1.39 bits per heavy atom. The minimum atomic E-state index is 0.646. The van der Waals surface area contributed by atoms with Crippen molar-refractivity contribution < 1.29 is 0 Å². The third kappa shape index (κ3) is 2.14. The molecule has 3 N–H and O–H groups in total. The van der Waals surface area contributed by atoms with Crippen molar-refractivity contribution in [2.45, 2.75) is 13.0 Å². The van der Waals surface area contributed by atoms with Crippen molar-refractivity contribution in [3.63, 3.8) is 0 Å². The molecule has 0 spiro atoms. The maximum absolute atomic E-state index is 6.42. The number of hydrogen-bond donors (Lipinski definition) is 2. The smallest absolute Gasteiger partial charge is 0.0705 e. The number of nitrogens with one attached hydrogen (secondary N) is 1.